The number of nitrogens with two attached hydrogens (primary N) is 1. The van der Waals surface area contributed by atoms with E-state index in [4.69, 9.17) is 26.8 Å². The maximum Gasteiger partial charge on any atom is 0.161 e. The number of nitrogens with zero attached hydrogens (tertiary/aromatic N) is 1. The van der Waals surface area contributed by atoms with Gasteiger partial charge in [0.2, 0.25) is 0 Å². The third-order valence-electron chi connectivity index (χ3n) is 5.83. The van der Waals surface area contributed by atoms with Crippen molar-refractivity contribution in [2.24, 2.45) is 5.73 Å². The topological polar surface area (TPSA) is 47.7 Å². The first-order valence-corrected chi connectivity index (χ1v) is 9.48. The van der Waals surface area contributed by atoms with Crippen LogP contribution in [-0.4, -0.2) is 38.3 Å². The van der Waals surface area contributed by atoms with Gasteiger partial charge < -0.3 is 15.2 Å². The van der Waals surface area contributed by atoms with Gasteiger partial charge in [0, 0.05) is 36.1 Å². The van der Waals surface area contributed by atoms with E-state index in [1.807, 2.05) is 12.1 Å². The summed E-state index contributed by atoms with van der Waals surface area (Å²) in [5.41, 5.74) is 10.5. The summed E-state index contributed by atoms with van der Waals surface area (Å²) in [6, 6.07) is 12.8. The molecular weight excluding hydrogens is 383 g/mol. The molecule has 0 bridgehead atoms. The summed E-state index contributed by atoms with van der Waals surface area (Å²) in [6.45, 7) is 2.00. The molecule has 1 fully saturated rings. The minimum absolute atomic E-state index is 0. The van der Waals surface area contributed by atoms with Gasteiger partial charge in [-0.2, -0.15) is 0 Å². The van der Waals surface area contributed by atoms with E-state index < -0.39 is 0 Å². The van der Waals surface area contributed by atoms with Crippen LogP contribution < -0.4 is 15.2 Å². The Hall–Kier alpha value is -1.46. The molecule has 2 aromatic carbocycles. The van der Waals surface area contributed by atoms with Gasteiger partial charge in [-0.1, -0.05) is 23.7 Å². The molecule has 2 aliphatic rings. The van der Waals surface area contributed by atoms with Crippen LogP contribution in [0.2, 0.25) is 5.02 Å². The van der Waals surface area contributed by atoms with Crippen molar-refractivity contribution in [2.45, 2.75) is 30.8 Å². The fraction of sp³-hybridized carbons (Fsp3) is 0.429. The molecule has 2 N–H and O–H groups in total. The molecule has 0 radical (unpaired) electrons. The van der Waals surface area contributed by atoms with Gasteiger partial charge in [0.05, 0.1) is 14.2 Å². The summed E-state index contributed by atoms with van der Waals surface area (Å²) >= 11 is 6.20. The lowest BCUT2D eigenvalue weighted by Gasteiger charge is -2.46. The number of rotatable bonds is 3. The molecule has 2 heterocycles. The fourth-order valence-corrected chi connectivity index (χ4v) is 4.67. The highest BCUT2D eigenvalue weighted by atomic mass is 35.5. The van der Waals surface area contributed by atoms with E-state index >= 15 is 0 Å². The van der Waals surface area contributed by atoms with Crippen LogP contribution in [0.3, 0.4) is 0 Å². The third-order valence-corrected chi connectivity index (χ3v) is 6.07. The zero-order chi connectivity index (χ0) is 18.3. The van der Waals surface area contributed by atoms with Crippen molar-refractivity contribution in [1.29, 1.82) is 0 Å². The Morgan fingerprint density at radius 1 is 1.11 bits per heavy atom. The lowest BCUT2D eigenvalue weighted by molar-refractivity contribution is 0.109. The number of hydrogen-bond donors (Lipinski definition) is 1. The van der Waals surface area contributed by atoms with Crippen LogP contribution in [0.4, 0.5) is 0 Å². The van der Waals surface area contributed by atoms with Crippen molar-refractivity contribution in [3.8, 4) is 11.5 Å². The quantitative estimate of drug-likeness (QED) is 0.826. The molecular formula is C21H26Cl2N2O2. The predicted molar refractivity (Wildman–Crippen MR) is 112 cm³/mol. The normalized spacial score (nSPS) is 24.4. The number of piperidine rings is 1. The number of hydrogen-bond acceptors (Lipinski definition) is 4. The molecule has 0 aromatic heterocycles. The Balaban J connectivity index is 0.00000210. The Kier molecular flexibility index (Phi) is 6.21. The van der Waals surface area contributed by atoms with E-state index in [0.717, 1.165) is 42.5 Å². The maximum absolute atomic E-state index is 6.63. The second-order valence-electron chi connectivity index (χ2n) is 7.23. The SMILES string of the molecule is COc1cc2c(cc1OC)C1C[C@@H](N)[C@@H](c3cccc(Cl)c3)CN1CC2.Cl. The summed E-state index contributed by atoms with van der Waals surface area (Å²) < 4.78 is 11.0. The molecule has 0 spiro atoms. The van der Waals surface area contributed by atoms with Crippen molar-refractivity contribution in [2.75, 3.05) is 27.3 Å². The van der Waals surface area contributed by atoms with Crippen LogP contribution in [0.1, 0.15) is 35.1 Å². The van der Waals surface area contributed by atoms with E-state index in [9.17, 15) is 0 Å². The first-order chi connectivity index (χ1) is 12.6. The molecule has 0 amide bonds. The monoisotopic (exact) mass is 408 g/mol. The van der Waals surface area contributed by atoms with Crippen molar-refractivity contribution in [3.05, 3.63) is 58.1 Å². The molecule has 0 aliphatic carbocycles. The molecule has 1 unspecified atom stereocenters. The van der Waals surface area contributed by atoms with Crippen molar-refractivity contribution in [1.82, 2.24) is 4.90 Å². The number of methoxy groups -OCH3 is 2. The van der Waals surface area contributed by atoms with Gasteiger partial charge >= 0.3 is 0 Å². The van der Waals surface area contributed by atoms with Crippen molar-refractivity contribution in [3.63, 3.8) is 0 Å². The highest BCUT2D eigenvalue weighted by Gasteiger charge is 2.38. The Bertz CT molecular complexity index is 815. The second-order valence-corrected chi connectivity index (χ2v) is 7.66. The van der Waals surface area contributed by atoms with Crippen molar-refractivity contribution < 1.29 is 9.47 Å². The smallest absolute Gasteiger partial charge is 0.161 e. The molecule has 2 aliphatic heterocycles. The summed E-state index contributed by atoms with van der Waals surface area (Å²) in [6.07, 6.45) is 1.95. The summed E-state index contributed by atoms with van der Waals surface area (Å²) in [7, 11) is 3.37. The maximum atomic E-state index is 6.63. The van der Waals surface area contributed by atoms with Crippen LogP contribution in [0.5, 0.6) is 11.5 Å². The predicted octanol–water partition coefficient (Wildman–Crippen LogP) is 4.19. The van der Waals surface area contributed by atoms with E-state index in [2.05, 4.69) is 29.2 Å². The van der Waals surface area contributed by atoms with Crippen molar-refractivity contribution >= 4 is 24.0 Å². The Labute approximate surface area is 172 Å². The number of halogens is 2. The summed E-state index contributed by atoms with van der Waals surface area (Å²) in [5, 5.41) is 0.776. The zero-order valence-corrected chi connectivity index (χ0v) is 17.2. The van der Waals surface area contributed by atoms with E-state index in [-0.39, 0.29) is 18.4 Å². The highest BCUT2D eigenvalue weighted by molar-refractivity contribution is 6.30. The molecule has 4 nitrogen and oxygen atoms in total. The minimum atomic E-state index is 0. The molecule has 2 aromatic rings. The second kappa shape index (κ2) is 8.27. The standard InChI is InChI=1S/C21H25ClN2O2.ClH/c1-25-20-9-14-6-7-24-12-17(13-4-3-5-15(22)8-13)18(23)11-19(24)16(14)10-21(20)26-2;/h3-5,8-10,17-19H,6-7,11-12,23H2,1-2H3;1H/t17-,18-,19?;/m1./s1. The fourth-order valence-electron chi connectivity index (χ4n) is 4.47. The van der Waals surface area contributed by atoms with Gasteiger partial charge in [-0.25, -0.2) is 0 Å². The highest BCUT2D eigenvalue weighted by Crippen LogP contribution is 2.44. The van der Waals surface area contributed by atoms with E-state index in [1.165, 1.54) is 16.7 Å². The average molecular weight is 409 g/mol. The van der Waals surface area contributed by atoms with Gasteiger partial charge in [0.25, 0.3) is 0 Å². The zero-order valence-electron chi connectivity index (χ0n) is 15.7. The minimum Gasteiger partial charge on any atom is -0.493 e. The molecule has 27 heavy (non-hydrogen) atoms. The first kappa shape index (κ1) is 20.3. The number of ether oxygens (including phenoxy) is 2. The Morgan fingerprint density at radius 2 is 1.85 bits per heavy atom. The van der Waals surface area contributed by atoms with Gasteiger partial charge in [-0.3, -0.25) is 4.90 Å². The van der Waals surface area contributed by atoms with Crippen LogP contribution in [0.25, 0.3) is 0 Å². The van der Waals surface area contributed by atoms with Gasteiger partial charge in [-0.15, -0.1) is 12.4 Å². The molecule has 3 atom stereocenters. The first-order valence-electron chi connectivity index (χ1n) is 9.10. The van der Waals surface area contributed by atoms with Crippen LogP contribution in [0.15, 0.2) is 36.4 Å². The molecule has 6 heteroatoms. The van der Waals surface area contributed by atoms with Gasteiger partial charge in [0.1, 0.15) is 0 Å². The molecule has 0 saturated carbocycles. The lowest BCUT2D eigenvalue weighted by atomic mass is 9.78. The van der Waals surface area contributed by atoms with Crippen LogP contribution >= 0.6 is 24.0 Å². The summed E-state index contributed by atoms with van der Waals surface area (Å²) in [5.74, 6) is 1.90. The Morgan fingerprint density at radius 3 is 2.56 bits per heavy atom. The average Bonchev–Trinajstić information content (AvgIpc) is 2.66. The van der Waals surface area contributed by atoms with Crippen LogP contribution in [0, 0.1) is 0 Å². The van der Waals surface area contributed by atoms with E-state index in [0.29, 0.717) is 12.0 Å². The van der Waals surface area contributed by atoms with Gasteiger partial charge in [-0.05, 0) is 53.8 Å². The molecule has 1 saturated heterocycles. The molecule has 146 valence electrons. The third kappa shape index (κ3) is 3.77. The number of fused-ring (bicyclic) bond motifs is 3. The molecule has 4 rings (SSSR count). The van der Waals surface area contributed by atoms with Crippen LogP contribution in [-0.2, 0) is 6.42 Å². The van der Waals surface area contributed by atoms with E-state index in [1.54, 1.807) is 14.2 Å². The lowest BCUT2D eigenvalue weighted by Crippen LogP contribution is -2.49. The number of benzene rings is 2. The van der Waals surface area contributed by atoms with Gasteiger partial charge in [0.15, 0.2) is 11.5 Å². The summed E-state index contributed by atoms with van der Waals surface area (Å²) in [4.78, 5) is 2.56. The largest absolute Gasteiger partial charge is 0.493 e.